The smallest absolute Gasteiger partial charge is 0.313 e. The van der Waals surface area contributed by atoms with Gasteiger partial charge in [-0.15, -0.1) is 21.5 Å². The predicted molar refractivity (Wildman–Crippen MR) is 79.6 cm³/mol. The van der Waals surface area contributed by atoms with Crippen molar-refractivity contribution in [1.29, 1.82) is 0 Å². The molecule has 1 unspecified atom stereocenters. The lowest BCUT2D eigenvalue weighted by Gasteiger charge is -2.09. The fourth-order valence-corrected chi connectivity index (χ4v) is 3.89. The molecule has 102 valence electrons. The Morgan fingerprint density at radius 1 is 1.53 bits per heavy atom. The largest absolute Gasteiger partial charge is 0.481 e. The first-order valence-corrected chi connectivity index (χ1v) is 8.24. The summed E-state index contributed by atoms with van der Waals surface area (Å²) in [6.07, 6.45) is 0. The number of thiophene rings is 1. The quantitative estimate of drug-likeness (QED) is 0.785. The summed E-state index contributed by atoms with van der Waals surface area (Å²) in [7, 11) is 0. The lowest BCUT2D eigenvalue weighted by molar-refractivity contribution is -0.133. The molecule has 0 aromatic carbocycles. The number of carboxylic acid groups (broad SMARTS) is 1. The van der Waals surface area contributed by atoms with Crippen LogP contribution in [0.2, 0.25) is 4.34 Å². The summed E-state index contributed by atoms with van der Waals surface area (Å²) < 4.78 is 1.39. The molecule has 2 heterocycles. The summed E-state index contributed by atoms with van der Waals surface area (Å²) in [5, 5.41) is 20.4. The van der Waals surface area contributed by atoms with Crippen LogP contribution in [0, 0.1) is 0 Å². The first kappa shape index (κ1) is 14.6. The van der Waals surface area contributed by atoms with Crippen LogP contribution in [-0.2, 0) is 4.79 Å². The molecule has 0 radical (unpaired) electrons. The number of aromatic nitrogens is 2. The monoisotopic (exact) mass is 335 g/mol. The highest BCUT2D eigenvalue weighted by atomic mass is 35.5. The minimum absolute atomic E-state index is 0.00921. The molecular weight excluding hydrogens is 326 g/mol. The van der Waals surface area contributed by atoms with E-state index in [1.54, 1.807) is 0 Å². The lowest BCUT2D eigenvalue weighted by atomic mass is 10.3. The normalized spacial score (nSPS) is 12.3. The Kier molecular flexibility index (Phi) is 5.03. The fraction of sp³-hybridized carbons (Fsp3) is 0.300. The molecule has 0 saturated carbocycles. The van der Waals surface area contributed by atoms with Gasteiger partial charge in [-0.1, -0.05) is 34.7 Å². The molecule has 1 atom stereocenters. The van der Waals surface area contributed by atoms with Crippen molar-refractivity contribution in [2.75, 3.05) is 11.1 Å². The Morgan fingerprint density at radius 3 is 2.95 bits per heavy atom. The first-order valence-electron chi connectivity index (χ1n) is 5.24. The maximum Gasteiger partial charge on any atom is 0.313 e. The van der Waals surface area contributed by atoms with Gasteiger partial charge in [-0.3, -0.25) is 4.79 Å². The van der Waals surface area contributed by atoms with Crippen molar-refractivity contribution in [2.24, 2.45) is 0 Å². The Bertz CT molecular complexity index is 572. The van der Waals surface area contributed by atoms with Gasteiger partial charge >= 0.3 is 5.97 Å². The standard InChI is InChI=1S/C10H10ClN3O2S3/c1-5(6-2-3-7(11)18-6)12-9-13-14-10(19-9)17-4-8(15)16/h2-3,5H,4H2,1H3,(H,12,13)(H,15,16). The van der Waals surface area contributed by atoms with Gasteiger partial charge in [0.15, 0.2) is 4.34 Å². The number of carbonyl (C=O) groups is 1. The Balaban J connectivity index is 1.94. The average Bonchev–Trinajstić information content (AvgIpc) is 2.95. The van der Waals surface area contributed by atoms with Crippen LogP contribution in [0.4, 0.5) is 5.13 Å². The summed E-state index contributed by atoms with van der Waals surface area (Å²) in [5.74, 6) is -0.874. The minimum Gasteiger partial charge on any atom is -0.481 e. The molecule has 0 fully saturated rings. The number of hydrogen-bond donors (Lipinski definition) is 2. The van der Waals surface area contributed by atoms with E-state index in [-0.39, 0.29) is 11.8 Å². The summed E-state index contributed by atoms with van der Waals surface area (Å²) in [6, 6.07) is 3.91. The van der Waals surface area contributed by atoms with E-state index < -0.39 is 5.97 Å². The summed E-state index contributed by atoms with van der Waals surface area (Å²) in [5.41, 5.74) is 0. The van der Waals surface area contributed by atoms with Crippen LogP contribution in [0.1, 0.15) is 17.8 Å². The van der Waals surface area contributed by atoms with Crippen molar-refractivity contribution in [3.8, 4) is 0 Å². The molecule has 0 bridgehead atoms. The number of anilines is 1. The van der Waals surface area contributed by atoms with Crippen LogP contribution in [0.25, 0.3) is 0 Å². The number of hydrogen-bond acceptors (Lipinski definition) is 7. The first-order chi connectivity index (χ1) is 9.04. The highest BCUT2D eigenvalue weighted by Gasteiger charge is 2.12. The average molecular weight is 336 g/mol. The highest BCUT2D eigenvalue weighted by molar-refractivity contribution is 8.01. The van der Waals surface area contributed by atoms with Gasteiger partial charge in [-0.25, -0.2) is 0 Å². The van der Waals surface area contributed by atoms with Gasteiger partial charge in [0.05, 0.1) is 16.1 Å². The zero-order valence-corrected chi connectivity index (χ0v) is 13.0. The van der Waals surface area contributed by atoms with E-state index in [0.29, 0.717) is 9.47 Å². The van der Waals surface area contributed by atoms with Crippen molar-refractivity contribution >= 4 is 57.1 Å². The second-order valence-corrected chi connectivity index (χ2v) is 7.51. The van der Waals surface area contributed by atoms with Crippen LogP contribution in [-0.4, -0.2) is 27.0 Å². The van der Waals surface area contributed by atoms with Gasteiger partial charge in [0, 0.05) is 4.88 Å². The number of aliphatic carboxylic acids is 1. The Morgan fingerprint density at radius 2 is 2.32 bits per heavy atom. The number of nitrogens with one attached hydrogen (secondary N) is 1. The predicted octanol–water partition coefficient (Wildman–Crippen LogP) is 3.60. The third-order valence-corrected chi connectivity index (χ3v) is 5.47. The molecule has 0 aliphatic heterocycles. The van der Waals surface area contributed by atoms with E-state index in [4.69, 9.17) is 16.7 Å². The third-order valence-electron chi connectivity index (χ3n) is 2.09. The maximum absolute atomic E-state index is 10.5. The van der Waals surface area contributed by atoms with Gasteiger partial charge in [0.2, 0.25) is 5.13 Å². The second-order valence-electron chi connectivity index (χ2n) is 3.56. The van der Waals surface area contributed by atoms with Gasteiger partial charge in [0.1, 0.15) is 0 Å². The molecule has 0 saturated heterocycles. The van der Waals surface area contributed by atoms with Crippen molar-refractivity contribution in [3.05, 3.63) is 21.3 Å². The second kappa shape index (κ2) is 6.56. The van der Waals surface area contributed by atoms with Crippen molar-refractivity contribution in [1.82, 2.24) is 10.2 Å². The minimum atomic E-state index is -0.865. The van der Waals surface area contributed by atoms with Crippen molar-refractivity contribution < 1.29 is 9.90 Å². The molecule has 5 nitrogen and oxygen atoms in total. The van der Waals surface area contributed by atoms with Gasteiger partial charge in [-0.05, 0) is 19.1 Å². The number of halogens is 1. The molecule has 2 aromatic heterocycles. The summed E-state index contributed by atoms with van der Waals surface area (Å²) in [6.45, 7) is 2.01. The molecular formula is C10H10ClN3O2S3. The van der Waals surface area contributed by atoms with Gasteiger partial charge in [-0.2, -0.15) is 0 Å². The molecule has 0 spiro atoms. The van der Waals surface area contributed by atoms with Gasteiger partial charge < -0.3 is 10.4 Å². The zero-order valence-electron chi connectivity index (χ0n) is 9.79. The topological polar surface area (TPSA) is 75.1 Å². The third kappa shape index (κ3) is 4.34. The van der Waals surface area contributed by atoms with Crippen LogP contribution in [0.15, 0.2) is 16.5 Å². The van der Waals surface area contributed by atoms with E-state index in [1.807, 2.05) is 19.1 Å². The molecule has 0 aliphatic rings. The maximum atomic E-state index is 10.5. The summed E-state index contributed by atoms with van der Waals surface area (Å²) in [4.78, 5) is 11.6. The number of rotatable bonds is 6. The van der Waals surface area contributed by atoms with Crippen molar-refractivity contribution in [3.63, 3.8) is 0 Å². The zero-order chi connectivity index (χ0) is 13.8. The van der Waals surface area contributed by atoms with Gasteiger partial charge in [0.25, 0.3) is 0 Å². The van der Waals surface area contributed by atoms with E-state index in [0.717, 1.165) is 21.0 Å². The molecule has 0 aliphatic carbocycles. The fourth-order valence-electron chi connectivity index (χ4n) is 1.27. The number of nitrogens with zero attached hydrogens (tertiary/aromatic N) is 2. The van der Waals surface area contributed by atoms with Crippen LogP contribution in [0.5, 0.6) is 0 Å². The molecule has 0 amide bonds. The summed E-state index contributed by atoms with van der Waals surface area (Å²) >= 11 is 9.91. The molecule has 2 rings (SSSR count). The molecule has 9 heteroatoms. The van der Waals surface area contributed by atoms with E-state index in [2.05, 4.69) is 15.5 Å². The van der Waals surface area contributed by atoms with E-state index in [9.17, 15) is 4.79 Å². The highest BCUT2D eigenvalue weighted by Crippen LogP contribution is 2.31. The molecule has 19 heavy (non-hydrogen) atoms. The number of thioether (sulfide) groups is 1. The Labute approximate surface area is 127 Å². The van der Waals surface area contributed by atoms with Crippen LogP contribution < -0.4 is 5.32 Å². The van der Waals surface area contributed by atoms with Crippen molar-refractivity contribution in [2.45, 2.75) is 17.3 Å². The van der Waals surface area contributed by atoms with Crippen LogP contribution >= 0.6 is 46.0 Å². The van der Waals surface area contributed by atoms with E-state index >= 15 is 0 Å². The van der Waals surface area contributed by atoms with Crippen LogP contribution in [0.3, 0.4) is 0 Å². The van der Waals surface area contributed by atoms with E-state index in [1.165, 1.54) is 22.7 Å². The molecule has 2 N–H and O–H groups in total. The Hall–Kier alpha value is -0.830. The SMILES string of the molecule is CC(Nc1nnc(SCC(=O)O)s1)c1ccc(Cl)s1. The lowest BCUT2D eigenvalue weighted by Crippen LogP contribution is -2.04. The number of carboxylic acids is 1. The molecule has 2 aromatic rings.